The molecule has 0 aliphatic rings. The van der Waals surface area contributed by atoms with Gasteiger partial charge in [-0.25, -0.2) is 9.97 Å². The third-order valence-corrected chi connectivity index (χ3v) is 3.68. The molecule has 4 aromatic rings. The van der Waals surface area contributed by atoms with Crippen molar-refractivity contribution in [1.29, 1.82) is 0 Å². The van der Waals surface area contributed by atoms with Gasteiger partial charge < -0.3 is 10.2 Å². The first-order valence-electron chi connectivity index (χ1n) is 7.65. The summed E-state index contributed by atoms with van der Waals surface area (Å²) in [6.45, 7) is 3.82. The van der Waals surface area contributed by atoms with Crippen LogP contribution in [0, 0.1) is 13.8 Å². The number of aromatic hydroxyl groups is 2. The number of aryl methyl sites for hydroxylation is 2. The first-order chi connectivity index (χ1) is 11.5. The van der Waals surface area contributed by atoms with Gasteiger partial charge >= 0.3 is 10.1 Å². The van der Waals surface area contributed by atoms with Gasteiger partial charge in [-0.15, -0.1) is 0 Å². The Morgan fingerprint density at radius 2 is 1.00 bits per heavy atom. The number of hydrogen-bond donors (Lipinski definition) is 2. The van der Waals surface area contributed by atoms with Gasteiger partial charge in [-0.05, 0) is 38.1 Å². The average Bonchev–Trinajstić information content (AvgIpc) is 2.57. The molecule has 0 radical (unpaired) electrons. The molecule has 4 nitrogen and oxygen atoms in total. The summed E-state index contributed by atoms with van der Waals surface area (Å²) in [6, 6.07) is 18.6. The molecular formula is C20H20BeN2O2. The van der Waals surface area contributed by atoms with Crippen LogP contribution in [0.2, 0.25) is 0 Å². The van der Waals surface area contributed by atoms with Crippen LogP contribution >= 0.6 is 0 Å². The van der Waals surface area contributed by atoms with Gasteiger partial charge in [0.05, 0.1) is 0 Å². The Kier molecular flexibility index (Phi) is 5.68. The first kappa shape index (κ1) is 18.4. The van der Waals surface area contributed by atoms with Crippen LogP contribution in [0.3, 0.4) is 0 Å². The molecule has 5 heteroatoms. The van der Waals surface area contributed by atoms with Crippen molar-refractivity contribution in [2.24, 2.45) is 0 Å². The maximum absolute atomic E-state index is 9.43. The van der Waals surface area contributed by atoms with Crippen molar-refractivity contribution in [2.75, 3.05) is 0 Å². The Morgan fingerprint density at radius 3 is 1.40 bits per heavy atom. The van der Waals surface area contributed by atoms with Gasteiger partial charge in [-0.1, -0.05) is 36.4 Å². The zero-order valence-corrected chi connectivity index (χ0v) is 13.6. The zero-order chi connectivity index (χ0) is 17.1. The van der Waals surface area contributed by atoms with Crippen LogP contribution in [-0.2, 0) is 0 Å². The van der Waals surface area contributed by atoms with E-state index in [1.54, 1.807) is 12.1 Å². The number of benzene rings is 2. The second kappa shape index (κ2) is 7.73. The Balaban J connectivity index is 0.000000173. The summed E-state index contributed by atoms with van der Waals surface area (Å²) in [5.41, 5.74) is 3.20. The SMILES string of the molecule is Cc1ccc2cccc(O)c2n1.Cc1ccc2cccc(O)c2n1.[BeH2]. The van der Waals surface area contributed by atoms with Crippen molar-refractivity contribution < 1.29 is 10.2 Å². The number of phenolic OH excluding ortho intramolecular Hbond substituents is 2. The molecule has 2 N–H and O–H groups in total. The number of aromatic nitrogens is 2. The summed E-state index contributed by atoms with van der Waals surface area (Å²) in [6.07, 6.45) is 0. The molecule has 124 valence electrons. The van der Waals surface area contributed by atoms with E-state index in [1.807, 2.05) is 62.4 Å². The third-order valence-electron chi connectivity index (χ3n) is 3.68. The third kappa shape index (κ3) is 4.11. The van der Waals surface area contributed by atoms with Crippen molar-refractivity contribution >= 4 is 31.9 Å². The van der Waals surface area contributed by atoms with E-state index < -0.39 is 0 Å². The second-order valence-corrected chi connectivity index (χ2v) is 5.60. The molecule has 0 atom stereocenters. The van der Waals surface area contributed by atoms with Crippen LogP contribution in [0.5, 0.6) is 11.5 Å². The topological polar surface area (TPSA) is 66.2 Å². The van der Waals surface area contributed by atoms with Crippen LogP contribution in [-0.4, -0.2) is 30.3 Å². The summed E-state index contributed by atoms with van der Waals surface area (Å²) >= 11 is 0. The number of nitrogens with zero attached hydrogens (tertiary/aromatic N) is 2. The summed E-state index contributed by atoms with van der Waals surface area (Å²) in [4.78, 5) is 8.45. The van der Waals surface area contributed by atoms with E-state index in [9.17, 15) is 10.2 Å². The minimum absolute atomic E-state index is 0. The molecule has 0 saturated carbocycles. The molecule has 2 aromatic heterocycles. The van der Waals surface area contributed by atoms with Crippen molar-refractivity contribution in [1.82, 2.24) is 9.97 Å². The molecule has 0 spiro atoms. The van der Waals surface area contributed by atoms with E-state index in [0.29, 0.717) is 11.0 Å². The van der Waals surface area contributed by atoms with Gasteiger partial charge in [0.15, 0.2) is 0 Å². The van der Waals surface area contributed by atoms with E-state index in [-0.39, 0.29) is 21.6 Å². The second-order valence-electron chi connectivity index (χ2n) is 5.60. The van der Waals surface area contributed by atoms with Crippen LogP contribution in [0.4, 0.5) is 0 Å². The van der Waals surface area contributed by atoms with E-state index in [4.69, 9.17) is 0 Å². The number of para-hydroxylation sites is 2. The molecule has 25 heavy (non-hydrogen) atoms. The van der Waals surface area contributed by atoms with Gasteiger partial charge in [0.25, 0.3) is 0 Å². The Morgan fingerprint density at radius 1 is 0.600 bits per heavy atom. The predicted molar refractivity (Wildman–Crippen MR) is 105 cm³/mol. The number of hydrogen-bond acceptors (Lipinski definition) is 4. The van der Waals surface area contributed by atoms with Crippen molar-refractivity contribution in [2.45, 2.75) is 13.8 Å². The Labute approximate surface area is 150 Å². The first-order valence-corrected chi connectivity index (χ1v) is 7.65. The summed E-state index contributed by atoms with van der Waals surface area (Å²) < 4.78 is 0. The molecule has 2 heterocycles. The normalized spacial score (nSPS) is 10.0. The number of pyridine rings is 2. The fourth-order valence-corrected chi connectivity index (χ4v) is 2.46. The van der Waals surface area contributed by atoms with E-state index in [0.717, 1.165) is 22.2 Å². The molecule has 0 fully saturated rings. The molecule has 0 unspecified atom stereocenters. The van der Waals surface area contributed by atoms with Crippen LogP contribution in [0.15, 0.2) is 60.7 Å². The molecule has 4 rings (SSSR count). The molecular weight excluding hydrogens is 309 g/mol. The van der Waals surface area contributed by atoms with Crippen molar-refractivity contribution in [3.8, 4) is 11.5 Å². The van der Waals surface area contributed by atoms with Crippen LogP contribution in [0.1, 0.15) is 11.4 Å². The Hall–Kier alpha value is -2.97. The summed E-state index contributed by atoms with van der Waals surface area (Å²) in [7, 11) is 0. The van der Waals surface area contributed by atoms with Gasteiger partial charge in [0, 0.05) is 22.2 Å². The molecule has 0 aliphatic carbocycles. The van der Waals surface area contributed by atoms with E-state index >= 15 is 0 Å². The van der Waals surface area contributed by atoms with E-state index in [2.05, 4.69) is 9.97 Å². The molecule has 0 saturated heterocycles. The van der Waals surface area contributed by atoms with Crippen LogP contribution < -0.4 is 0 Å². The molecule has 2 aromatic carbocycles. The van der Waals surface area contributed by atoms with Crippen molar-refractivity contribution in [3.63, 3.8) is 0 Å². The molecule has 0 amide bonds. The van der Waals surface area contributed by atoms with Crippen molar-refractivity contribution in [3.05, 3.63) is 72.1 Å². The fourth-order valence-electron chi connectivity index (χ4n) is 2.46. The predicted octanol–water partition coefficient (Wildman–Crippen LogP) is 3.58. The standard InChI is InChI=1S/2C10H9NO.Be.2H/c2*1-7-5-6-8-3-2-4-9(12)10(8)11-7;;;/h2*2-6,12H,1H3;;;. The maximum atomic E-state index is 9.43. The summed E-state index contributed by atoms with van der Waals surface area (Å²) in [5.74, 6) is 0.493. The number of fused-ring (bicyclic) bond motifs is 2. The van der Waals surface area contributed by atoms with Gasteiger partial charge in [-0.2, -0.15) is 0 Å². The average molecular weight is 329 g/mol. The minimum atomic E-state index is 0. The number of rotatable bonds is 0. The van der Waals surface area contributed by atoms with Gasteiger partial charge in [0.1, 0.15) is 22.5 Å². The van der Waals surface area contributed by atoms with E-state index in [1.165, 1.54) is 0 Å². The summed E-state index contributed by atoms with van der Waals surface area (Å²) in [5, 5.41) is 20.8. The monoisotopic (exact) mass is 329 g/mol. The van der Waals surface area contributed by atoms with Gasteiger partial charge in [0.2, 0.25) is 0 Å². The Bertz CT molecular complexity index is 936. The number of phenols is 2. The quantitative estimate of drug-likeness (QED) is 0.484. The van der Waals surface area contributed by atoms with Crippen LogP contribution in [0.25, 0.3) is 21.8 Å². The zero-order valence-electron chi connectivity index (χ0n) is 13.6. The molecule has 0 bridgehead atoms. The molecule has 0 aliphatic heterocycles. The fraction of sp³-hybridized carbons (Fsp3) is 0.100. The van der Waals surface area contributed by atoms with Gasteiger partial charge in [-0.3, -0.25) is 0 Å².